The molecular formula is C7H17BrOSi. The molecule has 0 unspecified atom stereocenters. The van der Waals surface area contributed by atoms with Crippen LogP contribution in [0.1, 0.15) is 13.3 Å². The molecule has 0 amide bonds. The molecule has 0 fully saturated rings. The van der Waals surface area contributed by atoms with Gasteiger partial charge >= 0.3 is 0 Å². The summed E-state index contributed by atoms with van der Waals surface area (Å²) < 4.78 is 5.73. The van der Waals surface area contributed by atoms with E-state index in [0.29, 0.717) is 0 Å². The molecule has 0 saturated heterocycles. The lowest BCUT2D eigenvalue weighted by Crippen LogP contribution is -2.30. The molecule has 0 aliphatic rings. The van der Waals surface area contributed by atoms with Crippen LogP contribution in [0.4, 0.5) is 0 Å². The highest BCUT2D eigenvalue weighted by Crippen LogP contribution is 2.12. The highest BCUT2D eigenvalue weighted by Gasteiger charge is 2.20. The van der Waals surface area contributed by atoms with E-state index >= 15 is 0 Å². The monoisotopic (exact) mass is 224 g/mol. The fourth-order valence-corrected chi connectivity index (χ4v) is 4.90. The predicted molar refractivity (Wildman–Crippen MR) is 52.3 cm³/mol. The Morgan fingerprint density at radius 1 is 1.40 bits per heavy atom. The van der Waals surface area contributed by atoms with Gasteiger partial charge in [-0.05, 0) is 25.6 Å². The van der Waals surface area contributed by atoms with Gasteiger partial charge in [0.2, 0.25) is 0 Å². The fourth-order valence-electron chi connectivity index (χ4n) is 0.678. The van der Waals surface area contributed by atoms with Crippen LogP contribution in [0.15, 0.2) is 0 Å². The van der Waals surface area contributed by atoms with Gasteiger partial charge in [0.05, 0.1) is 0 Å². The highest BCUT2D eigenvalue weighted by atomic mass is 79.9. The number of rotatable bonds is 5. The standard InChI is InChI=1S/C7H17BrOSi/c1-4-6-9-10(2,3)7-5-8/h4-7H2,1-3H3. The van der Waals surface area contributed by atoms with Crippen molar-refractivity contribution in [1.82, 2.24) is 0 Å². The first-order valence-electron chi connectivity index (χ1n) is 3.82. The van der Waals surface area contributed by atoms with Crippen LogP contribution >= 0.6 is 15.9 Å². The van der Waals surface area contributed by atoms with Crippen LogP contribution in [-0.4, -0.2) is 20.3 Å². The zero-order valence-electron chi connectivity index (χ0n) is 7.11. The normalized spacial score (nSPS) is 12.0. The second kappa shape index (κ2) is 5.33. The summed E-state index contributed by atoms with van der Waals surface area (Å²) in [6.45, 7) is 7.62. The van der Waals surface area contributed by atoms with E-state index in [4.69, 9.17) is 4.43 Å². The van der Waals surface area contributed by atoms with Gasteiger partial charge in [-0.1, -0.05) is 22.9 Å². The van der Waals surface area contributed by atoms with E-state index in [2.05, 4.69) is 35.9 Å². The maximum atomic E-state index is 5.73. The Hall–Kier alpha value is 0.657. The highest BCUT2D eigenvalue weighted by molar-refractivity contribution is 9.09. The van der Waals surface area contributed by atoms with Crippen molar-refractivity contribution in [2.75, 3.05) is 11.9 Å². The largest absolute Gasteiger partial charge is 0.417 e. The topological polar surface area (TPSA) is 9.23 Å². The van der Waals surface area contributed by atoms with Crippen molar-refractivity contribution in [3.05, 3.63) is 0 Å². The molecule has 1 nitrogen and oxygen atoms in total. The summed E-state index contributed by atoms with van der Waals surface area (Å²) in [5.74, 6) is 0. The van der Waals surface area contributed by atoms with E-state index < -0.39 is 8.32 Å². The van der Waals surface area contributed by atoms with Crippen LogP contribution in [0.5, 0.6) is 0 Å². The average molecular weight is 225 g/mol. The lowest BCUT2D eigenvalue weighted by atomic mass is 10.5. The van der Waals surface area contributed by atoms with Crippen LogP contribution < -0.4 is 0 Å². The Morgan fingerprint density at radius 2 is 2.00 bits per heavy atom. The molecule has 0 aromatic heterocycles. The maximum Gasteiger partial charge on any atom is 0.187 e. The van der Waals surface area contributed by atoms with Crippen LogP contribution in [0.3, 0.4) is 0 Å². The van der Waals surface area contributed by atoms with Gasteiger partial charge < -0.3 is 4.43 Å². The molecule has 0 bridgehead atoms. The predicted octanol–water partition coefficient (Wildman–Crippen LogP) is 3.01. The molecule has 3 heteroatoms. The smallest absolute Gasteiger partial charge is 0.187 e. The minimum Gasteiger partial charge on any atom is -0.417 e. The Balaban J connectivity index is 3.42. The number of halogens is 1. The molecule has 0 atom stereocenters. The molecule has 0 spiro atoms. The second-order valence-electron chi connectivity index (χ2n) is 3.05. The Bertz CT molecular complexity index is 85.7. The van der Waals surface area contributed by atoms with Gasteiger partial charge in [0, 0.05) is 11.9 Å². The van der Waals surface area contributed by atoms with E-state index in [1.54, 1.807) is 0 Å². The molecule has 0 saturated carbocycles. The summed E-state index contributed by atoms with van der Waals surface area (Å²) in [7, 11) is -1.27. The summed E-state index contributed by atoms with van der Waals surface area (Å²) in [6, 6.07) is 1.22. The van der Waals surface area contributed by atoms with Gasteiger partial charge in [-0.2, -0.15) is 0 Å². The molecule has 62 valence electrons. The summed E-state index contributed by atoms with van der Waals surface area (Å²) in [5, 5.41) is 1.08. The van der Waals surface area contributed by atoms with E-state index in [0.717, 1.165) is 18.4 Å². The van der Waals surface area contributed by atoms with Crippen molar-refractivity contribution in [1.29, 1.82) is 0 Å². The quantitative estimate of drug-likeness (QED) is 0.516. The van der Waals surface area contributed by atoms with Gasteiger partial charge in [-0.3, -0.25) is 0 Å². The Morgan fingerprint density at radius 3 is 2.40 bits per heavy atom. The van der Waals surface area contributed by atoms with Gasteiger partial charge in [0.25, 0.3) is 0 Å². The first-order valence-corrected chi connectivity index (χ1v) is 8.06. The lowest BCUT2D eigenvalue weighted by Gasteiger charge is -2.20. The minimum atomic E-state index is -1.27. The lowest BCUT2D eigenvalue weighted by molar-refractivity contribution is 0.307. The number of hydrogen-bond acceptors (Lipinski definition) is 1. The van der Waals surface area contributed by atoms with E-state index in [1.165, 1.54) is 6.04 Å². The van der Waals surface area contributed by atoms with Crippen LogP contribution in [-0.2, 0) is 4.43 Å². The first kappa shape index (κ1) is 10.7. The second-order valence-corrected chi connectivity index (χ2v) is 8.15. The molecule has 0 N–H and O–H groups in total. The number of hydrogen-bond donors (Lipinski definition) is 0. The molecule has 0 radical (unpaired) electrons. The van der Waals surface area contributed by atoms with Crippen molar-refractivity contribution in [3.63, 3.8) is 0 Å². The van der Waals surface area contributed by atoms with Gasteiger partial charge in [0.1, 0.15) is 0 Å². The van der Waals surface area contributed by atoms with Crippen LogP contribution in [0, 0.1) is 0 Å². The van der Waals surface area contributed by atoms with Crippen molar-refractivity contribution < 1.29 is 4.43 Å². The summed E-state index contributed by atoms with van der Waals surface area (Å²) in [4.78, 5) is 0. The van der Waals surface area contributed by atoms with E-state index in [-0.39, 0.29) is 0 Å². The Kier molecular flexibility index (Phi) is 5.68. The third-order valence-corrected chi connectivity index (χ3v) is 4.96. The zero-order valence-corrected chi connectivity index (χ0v) is 9.70. The van der Waals surface area contributed by atoms with E-state index in [1.807, 2.05) is 0 Å². The van der Waals surface area contributed by atoms with Crippen molar-refractivity contribution in [2.24, 2.45) is 0 Å². The summed E-state index contributed by atoms with van der Waals surface area (Å²) >= 11 is 3.43. The summed E-state index contributed by atoms with van der Waals surface area (Å²) in [5.41, 5.74) is 0. The molecule has 0 heterocycles. The van der Waals surface area contributed by atoms with Crippen molar-refractivity contribution in [3.8, 4) is 0 Å². The van der Waals surface area contributed by atoms with Gasteiger partial charge in [-0.25, -0.2) is 0 Å². The molecule has 0 aliphatic carbocycles. The molecule has 0 rings (SSSR count). The maximum absolute atomic E-state index is 5.73. The fraction of sp³-hybridized carbons (Fsp3) is 1.00. The van der Waals surface area contributed by atoms with Gasteiger partial charge in [-0.15, -0.1) is 0 Å². The van der Waals surface area contributed by atoms with Gasteiger partial charge in [0.15, 0.2) is 8.32 Å². The van der Waals surface area contributed by atoms with Crippen LogP contribution in [0.25, 0.3) is 0 Å². The number of alkyl halides is 1. The third kappa shape index (κ3) is 5.44. The SMILES string of the molecule is CCCO[Si](C)(C)CCBr. The zero-order chi connectivity index (χ0) is 8.04. The minimum absolute atomic E-state index is 0.937. The van der Waals surface area contributed by atoms with E-state index in [9.17, 15) is 0 Å². The third-order valence-electron chi connectivity index (χ3n) is 1.39. The molecule has 10 heavy (non-hydrogen) atoms. The molecular weight excluding hydrogens is 208 g/mol. The van der Waals surface area contributed by atoms with Crippen LogP contribution in [0.2, 0.25) is 19.1 Å². The average Bonchev–Trinajstić information content (AvgIpc) is 1.84. The molecule has 0 aliphatic heterocycles. The van der Waals surface area contributed by atoms with Crippen molar-refractivity contribution in [2.45, 2.75) is 32.5 Å². The van der Waals surface area contributed by atoms with Crippen molar-refractivity contribution >= 4 is 24.2 Å². The first-order chi connectivity index (χ1) is 4.62. The molecule has 0 aromatic rings. The summed E-state index contributed by atoms with van der Waals surface area (Å²) in [6.07, 6.45) is 1.14. The Labute approximate surface area is 73.4 Å². The molecule has 0 aromatic carbocycles.